The molecule has 0 aliphatic carbocycles. The minimum atomic E-state index is -3.06. The molecule has 1 heterocycles. The predicted molar refractivity (Wildman–Crippen MR) is 70.7 cm³/mol. The SMILES string of the molecule is Cc1ncsc1C(C)NCCCNS(C)(=O)=O. The predicted octanol–water partition coefficient (Wildman–Crippen LogP) is 1.04. The number of rotatable bonds is 7. The van der Waals surface area contributed by atoms with E-state index in [0.717, 1.165) is 18.7 Å². The molecule has 1 rings (SSSR count). The van der Waals surface area contributed by atoms with Gasteiger partial charge in [0.2, 0.25) is 10.0 Å². The van der Waals surface area contributed by atoms with E-state index in [1.807, 2.05) is 12.4 Å². The summed E-state index contributed by atoms with van der Waals surface area (Å²) in [6, 6.07) is 0.265. The molecule has 0 spiro atoms. The van der Waals surface area contributed by atoms with Crippen LogP contribution in [0.25, 0.3) is 0 Å². The van der Waals surface area contributed by atoms with Crippen molar-refractivity contribution in [3.63, 3.8) is 0 Å². The topological polar surface area (TPSA) is 71.1 Å². The fourth-order valence-corrected chi connectivity index (χ4v) is 2.83. The van der Waals surface area contributed by atoms with Gasteiger partial charge in [-0.25, -0.2) is 18.1 Å². The maximum absolute atomic E-state index is 10.8. The first kappa shape index (κ1) is 14.6. The Balaban J connectivity index is 2.22. The van der Waals surface area contributed by atoms with Crippen LogP contribution in [0.15, 0.2) is 5.51 Å². The van der Waals surface area contributed by atoms with Gasteiger partial charge in [-0.05, 0) is 26.8 Å². The van der Waals surface area contributed by atoms with Gasteiger partial charge in [0.1, 0.15) is 0 Å². The molecule has 17 heavy (non-hydrogen) atoms. The van der Waals surface area contributed by atoms with Gasteiger partial charge >= 0.3 is 0 Å². The van der Waals surface area contributed by atoms with Gasteiger partial charge in [0, 0.05) is 17.5 Å². The number of nitrogens with one attached hydrogen (secondary N) is 2. The third-order valence-corrected chi connectivity index (χ3v) is 4.19. The molecule has 0 bridgehead atoms. The smallest absolute Gasteiger partial charge is 0.208 e. The molecular formula is C10H19N3O2S2. The summed E-state index contributed by atoms with van der Waals surface area (Å²) in [4.78, 5) is 5.44. The van der Waals surface area contributed by atoms with Crippen LogP contribution in [0.2, 0.25) is 0 Å². The summed E-state index contributed by atoms with van der Waals surface area (Å²) in [6.07, 6.45) is 1.94. The van der Waals surface area contributed by atoms with E-state index in [9.17, 15) is 8.42 Å². The summed E-state index contributed by atoms with van der Waals surface area (Å²) >= 11 is 1.64. The molecule has 1 unspecified atom stereocenters. The number of sulfonamides is 1. The molecule has 0 radical (unpaired) electrons. The van der Waals surface area contributed by atoms with Crippen molar-refractivity contribution in [3.8, 4) is 0 Å². The van der Waals surface area contributed by atoms with Crippen LogP contribution in [0, 0.1) is 6.92 Å². The second-order valence-electron chi connectivity index (χ2n) is 4.00. The molecule has 7 heteroatoms. The Kier molecular flexibility index (Phi) is 5.51. The first-order chi connectivity index (χ1) is 7.90. The normalized spacial score (nSPS) is 13.8. The summed E-state index contributed by atoms with van der Waals surface area (Å²) in [6.45, 7) is 5.33. The monoisotopic (exact) mass is 277 g/mol. The van der Waals surface area contributed by atoms with Gasteiger partial charge in [0.15, 0.2) is 0 Å². The second-order valence-corrected chi connectivity index (χ2v) is 6.72. The maximum Gasteiger partial charge on any atom is 0.208 e. The molecule has 0 aliphatic rings. The van der Waals surface area contributed by atoms with Crippen LogP contribution in [0.3, 0.4) is 0 Å². The lowest BCUT2D eigenvalue weighted by Gasteiger charge is -2.12. The van der Waals surface area contributed by atoms with Gasteiger partial charge in [0.25, 0.3) is 0 Å². The molecule has 0 aromatic carbocycles. The molecule has 0 amide bonds. The molecule has 0 saturated carbocycles. The van der Waals surface area contributed by atoms with Crippen LogP contribution in [0.5, 0.6) is 0 Å². The van der Waals surface area contributed by atoms with Gasteiger partial charge in [-0.2, -0.15) is 0 Å². The molecule has 0 saturated heterocycles. The lowest BCUT2D eigenvalue weighted by atomic mass is 10.2. The van der Waals surface area contributed by atoms with Crippen LogP contribution in [-0.4, -0.2) is 32.7 Å². The highest BCUT2D eigenvalue weighted by Gasteiger charge is 2.09. The molecule has 2 N–H and O–H groups in total. The highest BCUT2D eigenvalue weighted by molar-refractivity contribution is 7.88. The Labute approximate surface area is 107 Å². The molecule has 98 valence electrons. The molecule has 5 nitrogen and oxygen atoms in total. The first-order valence-electron chi connectivity index (χ1n) is 5.48. The number of hydrogen-bond donors (Lipinski definition) is 2. The van der Waals surface area contributed by atoms with Crippen LogP contribution in [0.4, 0.5) is 0 Å². The number of aryl methyl sites for hydroxylation is 1. The molecule has 1 aromatic heterocycles. The van der Waals surface area contributed by atoms with E-state index in [2.05, 4.69) is 21.9 Å². The zero-order chi connectivity index (χ0) is 12.9. The van der Waals surface area contributed by atoms with Gasteiger partial charge in [0.05, 0.1) is 17.5 Å². The van der Waals surface area contributed by atoms with Crippen molar-refractivity contribution >= 4 is 21.4 Å². The molecular weight excluding hydrogens is 258 g/mol. The summed E-state index contributed by atoms with van der Waals surface area (Å²) in [5.41, 5.74) is 2.90. The summed E-state index contributed by atoms with van der Waals surface area (Å²) in [5, 5.41) is 3.35. The number of aromatic nitrogens is 1. The number of hydrogen-bond acceptors (Lipinski definition) is 5. The quantitative estimate of drug-likeness (QED) is 0.731. The number of thiazole rings is 1. The third kappa shape index (κ3) is 5.58. The van der Waals surface area contributed by atoms with Crippen molar-refractivity contribution in [1.82, 2.24) is 15.0 Å². The van der Waals surface area contributed by atoms with Gasteiger partial charge in [-0.3, -0.25) is 0 Å². The largest absolute Gasteiger partial charge is 0.309 e. The van der Waals surface area contributed by atoms with Gasteiger partial charge in [-0.1, -0.05) is 0 Å². The Bertz CT molecular complexity index is 442. The summed E-state index contributed by atoms with van der Waals surface area (Å²) in [7, 11) is -3.06. The maximum atomic E-state index is 10.8. The molecule has 0 fully saturated rings. The zero-order valence-electron chi connectivity index (χ0n) is 10.4. The van der Waals surface area contributed by atoms with Crippen LogP contribution in [-0.2, 0) is 10.0 Å². The minimum absolute atomic E-state index is 0.265. The van der Waals surface area contributed by atoms with Crippen LogP contribution in [0.1, 0.15) is 30.0 Å². The second kappa shape index (κ2) is 6.44. The van der Waals surface area contributed by atoms with Gasteiger partial charge in [-0.15, -0.1) is 11.3 Å². The van der Waals surface area contributed by atoms with E-state index in [0.29, 0.717) is 6.54 Å². The average molecular weight is 277 g/mol. The Morgan fingerprint density at radius 2 is 2.18 bits per heavy atom. The van der Waals surface area contributed by atoms with E-state index in [1.165, 1.54) is 11.1 Å². The van der Waals surface area contributed by atoms with E-state index in [-0.39, 0.29) is 6.04 Å². The molecule has 1 aromatic rings. The van der Waals surface area contributed by atoms with Gasteiger partial charge < -0.3 is 5.32 Å². The fraction of sp³-hybridized carbons (Fsp3) is 0.700. The minimum Gasteiger partial charge on any atom is -0.309 e. The first-order valence-corrected chi connectivity index (χ1v) is 8.25. The highest BCUT2D eigenvalue weighted by atomic mass is 32.2. The van der Waals surface area contributed by atoms with Crippen molar-refractivity contribution in [2.24, 2.45) is 0 Å². The number of nitrogens with zero attached hydrogens (tertiary/aromatic N) is 1. The van der Waals surface area contributed by atoms with Crippen LogP contribution < -0.4 is 10.0 Å². The van der Waals surface area contributed by atoms with Crippen molar-refractivity contribution in [2.45, 2.75) is 26.3 Å². The van der Waals surface area contributed by atoms with Crippen molar-refractivity contribution < 1.29 is 8.42 Å². The standard InChI is InChI=1S/C10H19N3O2S2/c1-8(10-9(2)12-7-16-10)11-5-4-6-13-17(3,14)15/h7-8,11,13H,4-6H2,1-3H3. The third-order valence-electron chi connectivity index (χ3n) is 2.34. The van der Waals surface area contributed by atoms with E-state index in [1.54, 1.807) is 11.3 Å². The zero-order valence-corrected chi connectivity index (χ0v) is 12.0. The van der Waals surface area contributed by atoms with Crippen molar-refractivity contribution in [1.29, 1.82) is 0 Å². The van der Waals surface area contributed by atoms with Crippen molar-refractivity contribution in [2.75, 3.05) is 19.3 Å². The summed E-state index contributed by atoms with van der Waals surface area (Å²) in [5.74, 6) is 0. The Hall–Kier alpha value is -0.500. The molecule has 0 aliphatic heterocycles. The lowest BCUT2D eigenvalue weighted by Crippen LogP contribution is -2.27. The van der Waals surface area contributed by atoms with E-state index in [4.69, 9.17) is 0 Å². The Morgan fingerprint density at radius 1 is 1.47 bits per heavy atom. The van der Waals surface area contributed by atoms with Crippen LogP contribution >= 0.6 is 11.3 Å². The highest BCUT2D eigenvalue weighted by Crippen LogP contribution is 2.20. The Morgan fingerprint density at radius 3 is 2.71 bits per heavy atom. The fourth-order valence-electron chi connectivity index (χ4n) is 1.48. The van der Waals surface area contributed by atoms with E-state index >= 15 is 0 Å². The average Bonchev–Trinajstić information content (AvgIpc) is 2.62. The van der Waals surface area contributed by atoms with Crippen molar-refractivity contribution in [3.05, 3.63) is 16.1 Å². The summed E-state index contributed by atoms with van der Waals surface area (Å²) < 4.78 is 24.1. The van der Waals surface area contributed by atoms with E-state index < -0.39 is 10.0 Å². The molecule has 1 atom stereocenters. The lowest BCUT2D eigenvalue weighted by molar-refractivity contribution is 0.551.